The van der Waals surface area contributed by atoms with Crippen molar-refractivity contribution in [2.45, 2.75) is 18.8 Å². The van der Waals surface area contributed by atoms with Gasteiger partial charge in [0.2, 0.25) is 18.6 Å². The third-order valence-corrected chi connectivity index (χ3v) is 5.65. The summed E-state index contributed by atoms with van der Waals surface area (Å²) in [5, 5.41) is 14.1. The molecule has 2 aromatic heterocycles. The van der Waals surface area contributed by atoms with Crippen LogP contribution in [0, 0.1) is 0 Å². The van der Waals surface area contributed by atoms with E-state index in [0.717, 1.165) is 30.0 Å². The number of amides is 2. The number of hydrogen-bond donors (Lipinski definition) is 1. The first-order valence-electron chi connectivity index (χ1n) is 9.09. The van der Waals surface area contributed by atoms with Crippen molar-refractivity contribution in [2.24, 2.45) is 0 Å². The SMILES string of the molecule is O=C(Nc1cccs1)N1CCC[C@@H](c2nnc(-c3ccc4c(c3)OCO4)o2)C1. The molecule has 144 valence electrons. The molecule has 0 radical (unpaired) electrons. The zero-order chi connectivity index (χ0) is 18.9. The lowest BCUT2D eigenvalue weighted by atomic mass is 9.98. The van der Waals surface area contributed by atoms with E-state index in [1.165, 1.54) is 11.3 Å². The molecule has 2 aliphatic heterocycles. The molecule has 28 heavy (non-hydrogen) atoms. The van der Waals surface area contributed by atoms with Crippen molar-refractivity contribution in [1.82, 2.24) is 15.1 Å². The highest BCUT2D eigenvalue weighted by Crippen LogP contribution is 2.36. The topological polar surface area (TPSA) is 89.7 Å². The fraction of sp³-hybridized carbons (Fsp3) is 0.316. The van der Waals surface area contributed by atoms with Crippen LogP contribution in [-0.2, 0) is 0 Å². The summed E-state index contributed by atoms with van der Waals surface area (Å²) < 4.78 is 16.7. The first-order valence-corrected chi connectivity index (χ1v) is 9.97. The molecule has 0 saturated carbocycles. The summed E-state index contributed by atoms with van der Waals surface area (Å²) >= 11 is 1.50. The summed E-state index contributed by atoms with van der Waals surface area (Å²) in [6.07, 6.45) is 1.80. The smallest absolute Gasteiger partial charge is 0.322 e. The van der Waals surface area contributed by atoms with E-state index in [1.54, 1.807) is 4.90 Å². The minimum absolute atomic E-state index is 0.0260. The number of carbonyl (C=O) groups is 1. The van der Waals surface area contributed by atoms with Gasteiger partial charge in [0.15, 0.2) is 11.5 Å². The minimum Gasteiger partial charge on any atom is -0.454 e. The van der Waals surface area contributed by atoms with Gasteiger partial charge in [-0.1, -0.05) is 0 Å². The second-order valence-electron chi connectivity index (χ2n) is 6.71. The minimum atomic E-state index is -0.0948. The number of ether oxygens (including phenoxy) is 2. The van der Waals surface area contributed by atoms with Crippen LogP contribution in [0.1, 0.15) is 24.7 Å². The van der Waals surface area contributed by atoms with Crippen molar-refractivity contribution >= 4 is 22.4 Å². The molecule has 5 rings (SSSR count). The predicted molar refractivity (Wildman–Crippen MR) is 103 cm³/mol. The summed E-state index contributed by atoms with van der Waals surface area (Å²) in [4.78, 5) is 14.3. The van der Waals surface area contributed by atoms with E-state index in [9.17, 15) is 4.79 Å². The molecular weight excluding hydrogens is 380 g/mol. The third kappa shape index (κ3) is 3.29. The van der Waals surface area contributed by atoms with Gasteiger partial charge in [-0.25, -0.2) is 4.79 Å². The fourth-order valence-electron chi connectivity index (χ4n) is 3.44. The molecule has 1 N–H and O–H groups in total. The summed E-state index contributed by atoms with van der Waals surface area (Å²) in [7, 11) is 0. The van der Waals surface area contributed by atoms with E-state index in [1.807, 2.05) is 35.7 Å². The van der Waals surface area contributed by atoms with Gasteiger partial charge in [-0.2, -0.15) is 0 Å². The van der Waals surface area contributed by atoms with Gasteiger partial charge >= 0.3 is 6.03 Å². The van der Waals surface area contributed by atoms with Crippen molar-refractivity contribution in [1.29, 1.82) is 0 Å². The van der Waals surface area contributed by atoms with Crippen molar-refractivity contribution in [3.63, 3.8) is 0 Å². The van der Waals surface area contributed by atoms with Gasteiger partial charge in [0, 0.05) is 18.7 Å². The summed E-state index contributed by atoms with van der Waals surface area (Å²) in [5.74, 6) is 2.40. The van der Waals surface area contributed by atoms with Crippen LogP contribution in [0.4, 0.5) is 9.80 Å². The Hall–Kier alpha value is -3.07. The predicted octanol–water partition coefficient (Wildman–Crippen LogP) is 3.94. The van der Waals surface area contributed by atoms with Crippen LogP contribution in [0.15, 0.2) is 40.1 Å². The maximum Gasteiger partial charge on any atom is 0.322 e. The Morgan fingerprint density at radius 1 is 1.21 bits per heavy atom. The Balaban J connectivity index is 1.29. The van der Waals surface area contributed by atoms with Crippen LogP contribution in [-0.4, -0.2) is 41.0 Å². The highest BCUT2D eigenvalue weighted by atomic mass is 32.1. The molecule has 3 aromatic rings. The monoisotopic (exact) mass is 398 g/mol. The Bertz CT molecular complexity index is 988. The van der Waals surface area contributed by atoms with E-state index < -0.39 is 0 Å². The number of likely N-dealkylation sites (tertiary alicyclic amines) is 1. The highest BCUT2D eigenvalue weighted by molar-refractivity contribution is 7.14. The number of nitrogens with zero attached hydrogens (tertiary/aromatic N) is 3. The molecule has 1 saturated heterocycles. The molecule has 0 spiro atoms. The largest absolute Gasteiger partial charge is 0.454 e. The number of urea groups is 1. The van der Waals surface area contributed by atoms with Crippen LogP contribution in [0.3, 0.4) is 0 Å². The van der Waals surface area contributed by atoms with E-state index in [2.05, 4.69) is 15.5 Å². The zero-order valence-corrected chi connectivity index (χ0v) is 15.8. The molecule has 4 heterocycles. The van der Waals surface area contributed by atoms with Gasteiger partial charge in [-0.3, -0.25) is 5.32 Å². The molecule has 1 atom stereocenters. The molecular formula is C19H18N4O4S. The second kappa shape index (κ2) is 7.16. The normalized spacial score (nSPS) is 18.3. The number of aromatic nitrogens is 2. The van der Waals surface area contributed by atoms with E-state index in [-0.39, 0.29) is 18.7 Å². The van der Waals surface area contributed by atoms with Crippen LogP contribution in [0.2, 0.25) is 0 Å². The first-order chi connectivity index (χ1) is 13.8. The lowest BCUT2D eigenvalue weighted by Crippen LogP contribution is -2.41. The maximum absolute atomic E-state index is 12.5. The molecule has 0 aliphatic carbocycles. The van der Waals surface area contributed by atoms with E-state index in [0.29, 0.717) is 29.8 Å². The van der Waals surface area contributed by atoms with Gasteiger partial charge in [-0.15, -0.1) is 21.5 Å². The maximum atomic E-state index is 12.5. The molecule has 2 amide bonds. The first kappa shape index (κ1) is 17.1. The summed E-state index contributed by atoms with van der Waals surface area (Å²) in [5.41, 5.74) is 0.783. The number of rotatable bonds is 3. The lowest BCUT2D eigenvalue weighted by Gasteiger charge is -2.30. The van der Waals surface area contributed by atoms with Crippen molar-refractivity contribution in [3.8, 4) is 23.0 Å². The Morgan fingerprint density at radius 2 is 2.14 bits per heavy atom. The Morgan fingerprint density at radius 3 is 3.04 bits per heavy atom. The number of fused-ring (bicyclic) bond motifs is 1. The number of piperidine rings is 1. The molecule has 2 aliphatic rings. The van der Waals surface area contributed by atoms with Gasteiger partial charge in [0.05, 0.1) is 10.9 Å². The lowest BCUT2D eigenvalue weighted by molar-refractivity contribution is 0.174. The summed E-state index contributed by atoms with van der Waals surface area (Å²) in [6, 6.07) is 9.24. The number of hydrogen-bond acceptors (Lipinski definition) is 7. The number of nitrogens with one attached hydrogen (secondary N) is 1. The second-order valence-corrected chi connectivity index (χ2v) is 7.65. The average molecular weight is 398 g/mol. The number of thiophene rings is 1. The van der Waals surface area contributed by atoms with E-state index >= 15 is 0 Å². The van der Waals surface area contributed by atoms with Gasteiger partial charge in [-0.05, 0) is 48.6 Å². The van der Waals surface area contributed by atoms with Crippen LogP contribution >= 0.6 is 11.3 Å². The van der Waals surface area contributed by atoms with Crippen LogP contribution in [0.5, 0.6) is 11.5 Å². The average Bonchev–Trinajstić information content (AvgIpc) is 3.48. The molecule has 0 bridgehead atoms. The van der Waals surface area contributed by atoms with Gasteiger partial charge in [0.1, 0.15) is 0 Å². The molecule has 9 heteroatoms. The van der Waals surface area contributed by atoms with Crippen molar-refractivity contribution < 1.29 is 18.7 Å². The molecule has 0 unspecified atom stereocenters. The van der Waals surface area contributed by atoms with Crippen LogP contribution in [0.25, 0.3) is 11.5 Å². The zero-order valence-electron chi connectivity index (χ0n) is 15.0. The van der Waals surface area contributed by atoms with Gasteiger partial charge in [0.25, 0.3) is 0 Å². The Labute approximate surface area is 165 Å². The number of benzene rings is 1. The standard InChI is InChI=1S/C19H18N4O4S/c24-19(20-16-4-2-8-28-16)23-7-1-3-13(10-23)18-22-21-17(27-18)12-5-6-14-15(9-12)26-11-25-14/h2,4-6,8-9,13H,1,3,7,10-11H2,(H,20,24)/t13-/m1/s1. The quantitative estimate of drug-likeness (QED) is 0.719. The van der Waals surface area contributed by atoms with E-state index in [4.69, 9.17) is 13.9 Å². The highest BCUT2D eigenvalue weighted by Gasteiger charge is 2.29. The van der Waals surface area contributed by atoms with Crippen molar-refractivity contribution in [2.75, 3.05) is 25.2 Å². The molecule has 8 nitrogen and oxygen atoms in total. The number of carbonyl (C=O) groups excluding carboxylic acids is 1. The number of anilines is 1. The van der Waals surface area contributed by atoms with Crippen molar-refractivity contribution in [3.05, 3.63) is 41.6 Å². The molecule has 1 aromatic carbocycles. The third-order valence-electron chi connectivity index (χ3n) is 4.87. The molecule has 1 fully saturated rings. The summed E-state index contributed by atoms with van der Waals surface area (Å²) in [6.45, 7) is 1.50. The Kier molecular flexibility index (Phi) is 4.36. The van der Waals surface area contributed by atoms with Gasteiger partial charge < -0.3 is 18.8 Å². The fourth-order valence-corrected chi connectivity index (χ4v) is 4.05. The van der Waals surface area contributed by atoms with Crippen LogP contribution < -0.4 is 14.8 Å².